The molecule has 6 nitrogen and oxygen atoms in total. The lowest BCUT2D eigenvalue weighted by Gasteiger charge is -2.28. The summed E-state index contributed by atoms with van der Waals surface area (Å²) in [4.78, 5) is 36.5. The van der Waals surface area contributed by atoms with Crippen LogP contribution in [0.5, 0.6) is 0 Å². The van der Waals surface area contributed by atoms with E-state index in [9.17, 15) is 14.4 Å². The molecule has 114 valence electrons. The van der Waals surface area contributed by atoms with E-state index < -0.39 is 27.5 Å². The maximum absolute atomic E-state index is 12.5. The van der Waals surface area contributed by atoms with Gasteiger partial charge in [-0.25, -0.2) is 28.1 Å². The molecule has 20 heavy (non-hydrogen) atoms. The van der Waals surface area contributed by atoms with Crippen LogP contribution in [0.25, 0.3) is 0 Å². The number of nitrogens with zero attached hydrogens (tertiary/aromatic N) is 3. The highest BCUT2D eigenvalue weighted by molar-refractivity contribution is 7.81. The van der Waals surface area contributed by atoms with Crippen LogP contribution in [0.3, 0.4) is 0 Å². The Bertz CT molecular complexity index is 629. The second kappa shape index (κ2) is 4.95. The Morgan fingerprint density at radius 1 is 0.850 bits per heavy atom. The van der Waals surface area contributed by atoms with Crippen molar-refractivity contribution < 1.29 is 0 Å². The molecular weight excluding hydrogens is 278 g/mol. The average Bonchev–Trinajstić information content (AvgIpc) is 2.09. The van der Waals surface area contributed by atoms with Gasteiger partial charge in [-0.05, 0) is 48.5 Å². The summed E-state index contributed by atoms with van der Waals surface area (Å²) in [5.41, 5.74) is -2.57. The van der Waals surface area contributed by atoms with E-state index in [1.807, 2.05) is 0 Å². The number of rotatable bonds is 2. The highest BCUT2D eigenvalue weighted by Crippen LogP contribution is 2.15. The van der Waals surface area contributed by atoms with Crippen molar-refractivity contribution in [3.8, 4) is 0 Å². The number of aromatic nitrogens is 3. The Morgan fingerprint density at radius 3 is 1.55 bits per heavy atom. The van der Waals surface area contributed by atoms with Gasteiger partial charge in [-0.15, -0.1) is 0 Å². The van der Waals surface area contributed by atoms with Gasteiger partial charge in [0.25, 0.3) is 0 Å². The van der Waals surface area contributed by atoms with Crippen molar-refractivity contribution in [2.24, 2.45) is 0 Å². The van der Waals surface area contributed by atoms with E-state index >= 15 is 0 Å². The zero-order valence-electron chi connectivity index (χ0n) is 13.1. The first-order valence-electron chi connectivity index (χ1n) is 6.54. The fourth-order valence-corrected chi connectivity index (χ4v) is 2.22. The predicted molar refractivity (Wildman–Crippen MR) is 82.9 cm³/mol. The van der Waals surface area contributed by atoms with Crippen LogP contribution in [0.15, 0.2) is 14.4 Å². The summed E-state index contributed by atoms with van der Waals surface area (Å²) in [6.07, 6.45) is 0. The summed E-state index contributed by atoms with van der Waals surface area (Å²) in [5.74, 6) is 0. The first-order chi connectivity index (χ1) is 8.80. The molecule has 0 saturated heterocycles. The molecule has 0 unspecified atom stereocenters. The SMILES string of the molecule is CC(C)n1c(=O)n(C(C)(C)C)c(=O)n(C(C)(C)S)c1=O. The largest absolute Gasteiger partial charge is 0.338 e. The van der Waals surface area contributed by atoms with Crippen LogP contribution in [0, 0.1) is 0 Å². The van der Waals surface area contributed by atoms with Gasteiger partial charge < -0.3 is 0 Å². The van der Waals surface area contributed by atoms with Crippen LogP contribution in [-0.4, -0.2) is 13.7 Å². The molecule has 0 bridgehead atoms. The first kappa shape index (κ1) is 16.8. The van der Waals surface area contributed by atoms with Gasteiger partial charge in [-0.3, -0.25) is 0 Å². The Morgan fingerprint density at radius 2 is 1.25 bits per heavy atom. The second-order valence-corrected chi connectivity index (χ2v) is 7.74. The van der Waals surface area contributed by atoms with Gasteiger partial charge in [0.05, 0.1) is 4.87 Å². The molecule has 1 heterocycles. The van der Waals surface area contributed by atoms with Gasteiger partial charge in [-0.1, -0.05) is 0 Å². The maximum atomic E-state index is 12.5. The Hall–Kier alpha value is -1.24. The molecule has 7 heteroatoms. The zero-order valence-corrected chi connectivity index (χ0v) is 14.0. The van der Waals surface area contributed by atoms with Gasteiger partial charge in [0.2, 0.25) is 0 Å². The lowest BCUT2D eigenvalue weighted by Crippen LogP contribution is -2.61. The average molecular weight is 301 g/mol. The topological polar surface area (TPSA) is 66.0 Å². The Balaban J connectivity index is 4.13. The van der Waals surface area contributed by atoms with Crippen LogP contribution in [0.1, 0.15) is 54.5 Å². The van der Waals surface area contributed by atoms with E-state index in [4.69, 9.17) is 0 Å². The monoisotopic (exact) mass is 301 g/mol. The lowest BCUT2D eigenvalue weighted by molar-refractivity contribution is 0.297. The van der Waals surface area contributed by atoms with Gasteiger partial charge >= 0.3 is 17.1 Å². The minimum atomic E-state index is -0.995. The Kier molecular flexibility index (Phi) is 4.16. The molecule has 0 atom stereocenters. The van der Waals surface area contributed by atoms with Crippen LogP contribution in [0.2, 0.25) is 0 Å². The lowest BCUT2D eigenvalue weighted by atomic mass is 10.1. The maximum Gasteiger partial charge on any atom is 0.338 e. The summed E-state index contributed by atoms with van der Waals surface area (Å²) in [5, 5.41) is 0. The molecule has 0 amide bonds. The zero-order chi connectivity index (χ0) is 16.0. The highest BCUT2D eigenvalue weighted by Gasteiger charge is 2.29. The summed E-state index contributed by atoms with van der Waals surface area (Å²) in [7, 11) is 0. The smallest absolute Gasteiger partial charge is 0.247 e. The van der Waals surface area contributed by atoms with Crippen molar-refractivity contribution in [1.29, 1.82) is 0 Å². The van der Waals surface area contributed by atoms with Crippen LogP contribution >= 0.6 is 12.6 Å². The van der Waals surface area contributed by atoms with Crippen LogP contribution in [-0.2, 0) is 10.4 Å². The molecule has 0 aromatic carbocycles. The van der Waals surface area contributed by atoms with Gasteiger partial charge in [0, 0.05) is 11.6 Å². The van der Waals surface area contributed by atoms with Gasteiger partial charge in [0.15, 0.2) is 0 Å². The van der Waals surface area contributed by atoms with Crippen molar-refractivity contribution in [3.05, 3.63) is 31.5 Å². The molecule has 1 aromatic rings. The minimum absolute atomic E-state index is 0.342. The summed E-state index contributed by atoms with van der Waals surface area (Å²) in [6.45, 7) is 12.0. The van der Waals surface area contributed by atoms with E-state index in [0.717, 1.165) is 13.7 Å². The minimum Gasteiger partial charge on any atom is -0.247 e. The van der Waals surface area contributed by atoms with Crippen LogP contribution < -0.4 is 17.1 Å². The standard InChI is InChI=1S/C13H23N3O3S/c1-8(2)14-9(17)15(12(3,4)5)11(19)16(10(14)18)13(6,7)20/h8,20H,1-7H3. The van der Waals surface area contributed by atoms with Crippen molar-refractivity contribution in [2.45, 2.75) is 64.9 Å². The second-order valence-electron chi connectivity index (χ2n) is 6.65. The number of hydrogen-bond donors (Lipinski definition) is 1. The first-order valence-corrected chi connectivity index (χ1v) is 6.98. The van der Waals surface area contributed by atoms with Gasteiger partial charge in [0.1, 0.15) is 0 Å². The molecule has 0 saturated carbocycles. The summed E-state index contributed by atoms with van der Waals surface area (Å²) < 4.78 is 3.21. The highest BCUT2D eigenvalue weighted by atomic mass is 32.1. The Labute approximate surface area is 123 Å². The molecule has 0 N–H and O–H groups in total. The molecule has 0 radical (unpaired) electrons. The van der Waals surface area contributed by atoms with E-state index in [-0.39, 0.29) is 6.04 Å². The third-order valence-corrected chi connectivity index (χ3v) is 3.11. The van der Waals surface area contributed by atoms with Gasteiger partial charge in [-0.2, -0.15) is 12.6 Å². The molecule has 0 fully saturated rings. The summed E-state index contributed by atoms with van der Waals surface area (Å²) >= 11 is 4.31. The predicted octanol–water partition coefficient (Wildman–Crippen LogP) is 1.13. The summed E-state index contributed by atoms with van der Waals surface area (Å²) in [6, 6.07) is -0.342. The van der Waals surface area contributed by atoms with Crippen LogP contribution in [0.4, 0.5) is 0 Å². The van der Waals surface area contributed by atoms with Crippen molar-refractivity contribution in [2.75, 3.05) is 0 Å². The molecule has 1 aromatic heterocycles. The third kappa shape index (κ3) is 2.77. The molecular formula is C13H23N3O3S. The molecule has 0 aliphatic carbocycles. The molecule has 1 rings (SSSR count). The van der Waals surface area contributed by atoms with E-state index in [1.54, 1.807) is 48.5 Å². The van der Waals surface area contributed by atoms with Crippen molar-refractivity contribution >= 4 is 12.6 Å². The molecule has 0 aliphatic heterocycles. The number of thiol groups is 1. The fraction of sp³-hybridized carbons (Fsp3) is 0.769. The van der Waals surface area contributed by atoms with E-state index in [2.05, 4.69) is 12.6 Å². The number of hydrogen-bond acceptors (Lipinski definition) is 4. The van der Waals surface area contributed by atoms with E-state index in [0.29, 0.717) is 0 Å². The van der Waals surface area contributed by atoms with Crippen molar-refractivity contribution in [1.82, 2.24) is 13.7 Å². The normalized spacial score (nSPS) is 13.1. The molecule has 0 spiro atoms. The fourth-order valence-electron chi connectivity index (χ4n) is 2.04. The quantitative estimate of drug-likeness (QED) is 0.833. The van der Waals surface area contributed by atoms with Crippen molar-refractivity contribution in [3.63, 3.8) is 0 Å². The molecule has 0 aliphatic rings. The third-order valence-electron chi connectivity index (χ3n) is 2.91. The van der Waals surface area contributed by atoms with E-state index in [1.165, 1.54) is 0 Å².